The average molecular weight is 260 g/mol. The molecule has 1 aliphatic carbocycles. The summed E-state index contributed by atoms with van der Waals surface area (Å²) in [7, 11) is 0. The second-order valence-corrected chi connectivity index (χ2v) is 4.62. The lowest BCUT2D eigenvalue weighted by Crippen LogP contribution is -2.30. The van der Waals surface area contributed by atoms with Gasteiger partial charge >= 0.3 is 12.0 Å². The van der Waals surface area contributed by atoms with Crippen LogP contribution in [0.1, 0.15) is 24.0 Å². The molecule has 0 unspecified atom stereocenters. The van der Waals surface area contributed by atoms with E-state index in [1.54, 1.807) is 12.1 Å². The van der Waals surface area contributed by atoms with E-state index in [1.165, 1.54) is 6.08 Å². The second-order valence-electron chi connectivity index (χ2n) is 4.62. The Morgan fingerprint density at radius 3 is 2.74 bits per heavy atom. The smallest absolute Gasteiger partial charge is 0.328 e. The second kappa shape index (κ2) is 5.56. The molecule has 1 fully saturated rings. The average Bonchev–Trinajstić information content (AvgIpc) is 3.14. The molecule has 5 heteroatoms. The molecule has 100 valence electrons. The highest BCUT2D eigenvalue weighted by atomic mass is 16.4. The highest BCUT2D eigenvalue weighted by Gasteiger charge is 2.23. The summed E-state index contributed by atoms with van der Waals surface area (Å²) < 4.78 is 0. The molecule has 1 aliphatic rings. The van der Waals surface area contributed by atoms with Gasteiger partial charge in [0.2, 0.25) is 0 Å². The molecule has 2 rings (SSSR count). The van der Waals surface area contributed by atoms with E-state index in [4.69, 9.17) is 5.11 Å². The van der Waals surface area contributed by atoms with Crippen LogP contribution >= 0.6 is 0 Å². The minimum Gasteiger partial charge on any atom is -0.478 e. The Kier molecular flexibility index (Phi) is 3.85. The van der Waals surface area contributed by atoms with Gasteiger partial charge in [0.25, 0.3) is 0 Å². The number of hydrogen-bond donors (Lipinski definition) is 3. The highest BCUT2D eigenvalue weighted by Crippen LogP contribution is 2.20. The SMILES string of the molecule is Cc1ccc(C=CC(=O)O)cc1NC(=O)NC1CC1. The Labute approximate surface area is 111 Å². The van der Waals surface area contributed by atoms with Crippen molar-refractivity contribution >= 4 is 23.8 Å². The zero-order valence-electron chi connectivity index (χ0n) is 10.6. The van der Waals surface area contributed by atoms with Crippen LogP contribution in [0.25, 0.3) is 6.08 Å². The number of carbonyl (C=O) groups excluding carboxylic acids is 1. The van der Waals surface area contributed by atoms with Crippen molar-refractivity contribution < 1.29 is 14.7 Å². The monoisotopic (exact) mass is 260 g/mol. The molecule has 5 nitrogen and oxygen atoms in total. The summed E-state index contributed by atoms with van der Waals surface area (Å²) in [6.07, 6.45) is 4.63. The molecular formula is C14H16N2O3. The number of nitrogens with one attached hydrogen (secondary N) is 2. The van der Waals surface area contributed by atoms with Gasteiger partial charge in [0.05, 0.1) is 0 Å². The third-order valence-corrected chi connectivity index (χ3v) is 2.84. The Hall–Kier alpha value is -2.30. The van der Waals surface area contributed by atoms with Crippen molar-refractivity contribution in [3.05, 3.63) is 35.4 Å². The van der Waals surface area contributed by atoms with Crippen LogP contribution in [-0.4, -0.2) is 23.1 Å². The maximum Gasteiger partial charge on any atom is 0.328 e. The van der Waals surface area contributed by atoms with Gasteiger partial charge in [-0.1, -0.05) is 12.1 Å². The largest absolute Gasteiger partial charge is 0.478 e. The lowest BCUT2D eigenvalue weighted by Gasteiger charge is -2.10. The number of urea groups is 1. The van der Waals surface area contributed by atoms with Crippen molar-refractivity contribution in [2.45, 2.75) is 25.8 Å². The van der Waals surface area contributed by atoms with E-state index in [-0.39, 0.29) is 6.03 Å². The number of carbonyl (C=O) groups is 2. The quantitative estimate of drug-likeness (QED) is 0.727. The van der Waals surface area contributed by atoms with Crippen molar-refractivity contribution in [3.8, 4) is 0 Å². The van der Waals surface area contributed by atoms with E-state index in [0.717, 1.165) is 30.0 Å². The molecule has 0 heterocycles. The summed E-state index contributed by atoms with van der Waals surface area (Å²) in [6, 6.07) is 5.48. The fourth-order valence-electron chi connectivity index (χ4n) is 1.62. The molecule has 0 aliphatic heterocycles. The Balaban J connectivity index is 2.07. The van der Waals surface area contributed by atoms with Crippen molar-refractivity contribution in [1.82, 2.24) is 5.32 Å². The van der Waals surface area contributed by atoms with Gasteiger partial charge < -0.3 is 15.7 Å². The van der Waals surface area contributed by atoms with Gasteiger partial charge in [-0.25, -0.2) is 9.59 Å². The van der Waals surface area contributed by atoms with Crippen LogP contribution in [-0.2, 0) is 4.79 Å². The van der Waals surface area contributed by atoms with Gasteiger partial charge in [-0.2, -0.15) is 0 Å². The molecule has 1 aromatic rings. The number of anilines is 1. The summed E-state index contributed by atoms with van der Waals surface area (Å²) in [5.41, 5.74) is 2.35. The van der Waals surface area contributed by atoms with E-state index >= 15 is 0 Å². The highest BCUT2D eigenvalue weighted by molar-refractivity contribution is 5.91. The normalized spacial score (nSPS) is 14.4. The minimum atomic E-state index is -0.999. The summed E-state index contributed by atoms with van der Waals surface area (Å²) in [5, 5.41) is 14.2. The van der Waals surface area contributed by atoms with Crippen molar-refractivity contribution in [2.75, 3.05) is 5.32 Å². The first-order chi connectivity index (χ1) is 9.04. The van der Waals surface area contributed by atoms with Crippen molar-refractivity contribution in [1.29, 1.82) is 0 Å². The topological polar surface area (TPSA) is 78.4 Å². The van der Waals surface area contributed by atoms with Gasteiger partial charge in [-0.15, -0.1) is 0 Å². The molecule has 0 radical (unpaired) electrons. The Bertz CT molecular complexity index is 533. The van der Waals surface area contributed by atoms with Crippen molar-refractivity contribution in [3.63, 3.8) is 0 Å². The number of benzene rings is 1. The molecule has 0 spiro atoms. The summed E-state index contributed by atoms with van der Waals surface area (Å²) in [4.78, 5) is 22.1. The number of hydrogen-bond acceptors (Lipinski definition) is 2. The minimum absolute atomic E-state index is 0.218. The first kappa shape index (κ1) is 13.1. The molecule has 0 bridgehead atoms. The Morgan fingerprint density at radius 2 is 2.11 bits per heavy atom. The van der Waals surface area contributed by atoms with Gasteiger partial charge in [-0.3, -0.25) is 0 Å². The Morgan fingerprint density at radius 1 is 1.37 bits per heavy atom. The number of rotatable bonds is 4. The van der Waals surface area contributed by atoms with Crippen LogP contribution in [0, 0.1) is 6.92 Å². The van der Waals surface area contributed by atoms with E-state index < -0.39 is 5.97 Å². The van der Waals surface area contributed by atoms with Gasteiger partial charge in [-0.05, 0) is 43.0 Å². The fourth-order valence-corrected chi connectivity index (χ4v) is 1.62. The standard InChI is InChI=1S/C14H16N2O3/c1-9-2-3-10(4-7-13(17)18)8-12(9)16-14(19)15-11-5-6-11/h2-4,7-8,11H,5-6H2,1H3,(H,17,18)(H2,15,16,19). The number of carboxylic acid groups (broad SMARTS) is 1. The number of amides is 2. The maximum absolute atomic E-state index is 11.7. The molecule has 2 amide bonds. The number of carboxylic acids is 1. The summed E-state index contributed by atoms with van der Waals surface area (Å²) in [5.74, 6) is -0.999. The third-order valence-electron chi connectivity index (χ3n) is 2.84. The predicted octanol–water partition coefficient (Wildman–Crippen LogP) is 2.38. The summed E-state index contributed by atoms with van der Waals surface area (Å²) in [6.45, 7) is 1.89. The molecule has 3 N–H and O–H groups in total. The van der Waals surface area contributed by atoms with Crippen LogP contribution in [0.5, 0.6) is 0 Å². The lowest BCUT2D eigenvalue weighted by molar-refractivity contribution is -0.131. The molecular weight excluding hydrogens is 244 g/mol. The van der Waals surface area contributed by atoms with E-state index in [1.807, 2.05) is 13.0 Å². The molecule has 19 heavy (non-hydrogen) atoms. The molecule has 1 saturated carbocycles. The first-order valence-electron chi connectivity index (χ1n) is 6.14. The van der Waals surface area contributed by atoms with E-state index in [0.29, 0.717) is 11.7 Å². The van der Waals surface area contributed by atoms with Gasteiger partial charge in [0.1, 0.15) is 0 Å². The van der Waals surface area contributed by atoms with E-state index in [9.17, 15) is 9.59 Å². The van der Waals surface area contributed by atoms with Crippen LogP contribution in [0.15, 0.2) is 24.3 Å². The number of aliphatic carboxylic acids is 1. The summed E-state index contributed by atoms with van der Waals surface area (Å²) >= 11 is 0. The van der Waals surface area contributed by atoms with Crippen molar-refractivity contribution in [2.24, 2.45) is 0 Å². The zero-order valence-corrected chi connectivity index (χ0v) is 10.6. The van der Waals surface area contributed by atoms with E-state index in [2.05, 4.69) is 10.6 Å². The maximum atomic E-state index is 11.7. The molecule has 0 saturated heterocycles. The zero-order chi connectivity index (χ0) is 13.8. The van der Waals surface area contributed by atoms with Crippen LogP contribution in [0.3, 0.4) is 0 Å². The molecule has 0 aromatic heterocycles. The molecule has 1 aromatic carbocycles. The third kappa shape index (κ3) is 4.13. The predicted molar refractivity (Wildman–Crippen MR) is 73.0 cm³/mol. The van der Waals surface area contributed by atoms with Gasteiger partial charge in [0, 0.05) is 17.8 Å². The number of aryl methyl sites for hydroxylation is 1. The van der Waals surface area contributed by atoms with Crippen LogP contribution < -0.4 is 10.6 Å². The lowest BCUT2D eigenvalue weighted by atomic mass is 10.1. The van der Waals surface area contributed by atoms with Crippen LogP contribution in [0.4, 0.5) is 10.5 Å². The molecule has 0 atom stereocenters. The van der Waals surface area contributed by atoms with Crippen LogP contribution in [0.2, 0.25) is 0 Å². The first-order valence-corrected chi connectivity index (χ1v) is 6.14. The fraction of sp³-hybridized carbons (Fsp3) is 0.286. The van der Waals surface area contributed by atoms with Gasteiger partial charge in [0.15, 0.2) is 0 Å².